The van der Waals surface area contributed by atoms with Gasteiger partial charge in [-0.15, -0.1) is 0 Å². The molecule has 0 amide bonds. The van der Waals surface area contributed by atoms with Crippen LogP contribution >= 0.6 is 0 Å². The summed E-state index contributed by atoms with van der Waals surface area (Å²) in [6.45, 7) is 10.5. The average Bonchev–Trinajstić information content (AvgIpc) is 2.47. The average molecular weight is 276 g/mol. The maximum absolute atomic E-state index is 5.39. The van der Waals surface area contributed by atoms with E-state index >= 15 is 0 Å². The normalized spacial score (nSPS) is 17.3. The van der Waals surface area contributed by atoms with Gasteiger partial charge >= 0.3 is 0 Å². The molecule has 1 aliphatic heterocycles. The maximum Gasteiger partial charge on any atom is 0.0642 e. The van der Waals surface area contributed by atoms with E-state index in [-0.39, 0.29) is 0 Å². The van der Waals surface area contributed by atoms with Gasteiger partial charge < -0.3 is 15.0 Å². The Bertz CT molecular complexity index is 382. The molecule has 1 saturated heterocycles. The van der Waals surface area contributed by atoms with E-state index in [0.29, 0.717) is 6.04 Å². The summed E-state index contributed by atoms with van der Waals surface area (Å²) in [5.74, 6) is 0.781. The van der Waals surface area contributed by atoms with E-state index < -0.39 is 0 Å². The van der Waals surface area contributed by atoms with Crippen LogP contribution in [0.4, 0.5) is 11.4 Å². The van der Waals surface area contributed by atoms with Crippen molar-refractivity contribution in [2.45, 2.75) is 39.7 Å². The summed E-state index contributed by atoms with van der Waals surface area (Å²) in [5.41, 5.74) is 2.52. The van der Waals surface area contributed by atoms with Gasteiger partial charge in [-0.2, -0.15) is 0 Å². The highest BCUT2D eigenvalue weighted by molar-refractivity contribution is 5.55. The highest BCUT2D eigenvalue weighted by Crippen LogP contribution is 2.20. The topological polar surface area (TPSA) is 24.5 Å². The van der Waals surface area contributed by atoms with Gasteiger partial charge in [-0.1, -0.05) is 13.8 Å². The van der Waals surface area contributed by atoms with Crippen LogP contribution < -0.4 is 10.2 Å². The van der Waals surface area contributed by atoms with E-state index in [0.717, 1.165) is 32.2 Å². The number of nitrogens with zero attached hydrogens (tertiary/aromatic N) is 1. The van der Waals surface area contributed by atoms with Crippen LogP contribution in [0, 0.1) is 5.92 Å². The van der Waals surface area contributed by atoms with Gasteiger partial charge in [0.15, 0.2) is 0 Å². The summed E-state index contributed by atoms with van der Waals surface area (Å²) >= 11 is 0. The number of rotatable bonds is 6. The minimum Gasteiger partial charge on any atom is -0.383 e. The number of hydrogen-bond donors (Lipinski definition) is 1. The minimum atomic E-state index is 0.534. The van der Waals surface area contributed by atoms with Crippen molar-refractivity contribution in [3.63, 3.8) is 0 Å². The Morgan fingerprint density at radius 3 is 2.30 bits per heavy atom. The Morgan fingerprint density at radius 2 is 1.70 bits per heavy atom. The van der Waals surface area contributed by atoms with Crippen molar-refractivity contribution in [1.82, 2.24) is 0 Å². The van der Waals surface area contributed by atoms with Crippen LogP contribution in [0.5, 0.6) is 0 Å². The van der Waals surface area contributed by atoms with Gasteiger partial charge in [0.25, 0.3) is 0 Å². The van der Waals surface area contributed by atoms with Crippen molar-refractivity contribution in [1.29, 1.82) is 0 Å². The first kappa shape index (κ1) is 15.2. The van der Waals surface area contributed by atoms with Crippen LogP contribution in [0.3, 0.4) is 0 Å². The first-order chi connectivity index (χ1) is 9.65. The van der Waals surface area contributed by atoms with E-state index in [1.54, 1.807) is 0 Å². The van der Waals surface area contributed by atoms with Crippen LogP contribution in [0.1, 0.15) is 33.6 Å². The molecule has 1 heterocycles. The molecule has 0 saturated carbocycles. The van der Waals surface area contributed by atoms with Crippen molar-refractivity contribution < 1.29 is 4.74 Å². The molecule has 0 aromatic heterocycles. The number of anilines is 2. The van der Waals surface area contributed by atoms with E-state index in [9.17, 15) is 0 Å². The van der Waals surface area contributed by atoms with Crippen LogP contribution in [0.15, 0.2) is 24.3 Å². The van der Waals surface area contributed by atoms with Gasteiger partial charge in [0.05, 0.1) is 13.2 Å². The Balaban J connectivity index is 1.84. The lowest BCUT2D eigenvalue weighted by Crippen LogP contribution is -2.36. The van der Waals surface area contributed by atoms with Crippen molar-refractivity contribution in [3.05, 3.63) is 24.3 Å². The second-order valence-corrected chi connectivity index (χ2v) is 6.16. The van der Waals surface area contributed by atoms with Crippen molar-refractivity contribution in [2.75, 3.05) is 36.5 Å². The predicted octanol–water partition coefficient (Wildman–Crippen LogP) is 3.76. The zero-order valence-electron chi connectivity index (χ0n) is 13.1. The van der Waals surface area contributed by atoms with Gasteiger partial charge in [0.1, 0.15) is 0 Å². The Hall–Kier alpha value is -1.22. The largest absolute Gasteiger partial charge is 0.383 e. The molecule has 0 bridgehead atoms. The second-order valence-electron chi connectivity index (χ2n) is 6.16. The van der Waals surface area contributed by atoms with Crippen LogP contribution in [0.2, 0.25) is 0 Å². The van der Waals surface area contributed by atoms with E-state index in [2.05, 4.69) is 55.3 Å². The summed E-state index contributed by atoms with van der Waals surface area (Å²) in [7, 11) is 0. The number of morpholine rings is 1. The first-order valence-electron chi connectivity index (χ1n) is 7.84. The summed E-state index contributed by atoms with van der Waals surface area (Å²) in [5, 5.41) is 3.58. The zero-order chi connectivity index (χ0) is 14.4. The molecule has 0 aliphatic carbocycles. The Morgan fingerprint density at radius 1 is 1.05 bits per heavy atom. The lowest BCUT2D eigenvalue weighted by molar-refractivity contribution is 0.122. The molecule has 112 valence electrons. The molecule has 3 heteroatoms. The molecule has 1 atom stereocenters. The number of ether oxygens (including phenoxy) is 1. The Labute approximate surface area is 123 Å². The molecule has 2 rings (SSSR count). The third-order valence-corrected chi connectivity index (χ3v) is 3.83. The highest BCUT2D eigenvalue weighted by Gasteiger charge is 2.11. The van der Waals surface area contributed by atoms with Crippen molar-refractivity contribution >= 4 is 11.4 Å². The predicted molar refractivity (Wildman–Crippen MR) is 86.6 cm³/mol. The smallest absolute Gasteiger partial charge is 0.0642 e. The minimum absolute atomic E-state index is 0.534. The monoisotopic (exact) mass is 276 g/mol. The molecular weight excluding hydrogens is 248 g/mol. The fraction of sp³-hybridized carbons (Fsp3) is 0.647. The van der Waals surface area contributed by atoms with Gasteiger partial charge in [-0.25, -0.2) is 0 Å². The van der Waals surface area contributed by atoms with E-state index in [4.69, 9.17) is 4.74 Å². The summed E-state index contributed by atoms with van der Waals surface area (Å²) in [6, 6.07) is 9.34. The molecule has 1 aromatic carbocycles. The molecule has 0 spiro atoms. The lowest BCUT2D eigenvalue weighted by Gasteiger charge is -2.29. The fourth-order valence-corrected chi connectivity index (χ4v) is 2.53. The lowest BCUT2D eigenvalue weighted by atomic mass is 10.0. The molecule has 3 nitrogen and oxygen atoms in total. The summed E-state index contributed by atoms with van der Waals surface area (Å²) in [6.07, 6.45) is 2.50. The SMILES string of the molecule is CC(C)CCC(C)Nc1ccc(N2CCOCC2)cc1. The molecule has 1 unspecified atom stereocenters. The molecule has 20 heavy (non-hydrogen) atoms. The van der Waals surface area contributed by atoms with Gasteiger partial charge in [-0.05, 0) is 49.9 Å². The standard InChI is InChI=1S/C17H28N2O/c1-14(2)4-5-15(3)18-16-6-8-17(9-7-16)19-10-12-20-13-11-19/h6-9,14-15,18H,4-5,10-13H2,1-3H3. The molecule has 0 radical (unpaired) electrons. The molecule has 1 N–H and O–H groups in total. The number of nitrogens with one attached hydrogen (secondary N) is 1. The number of hydrogen-bond acceptors (Lipinski definition) is 3. The van der Waals surface area contributed by atoms with Gasteiger partial charge in [0.2, 0.25) is 0 Å². The van der Waals surface area contributed by atoms with Crippen LogP contribution in [0.25, 0.3) is 0 Å². The fourth-order valence-electron chi connectivity index (χ4n) is 2.53. The maximum atomic E-state index is 5.39. The third-order valence-electron chi connectivity index (χ3n) is 3.83. The van der Waals surface area contributed by atoms with Crippen LogP contribution in [-0.2, 0) is 4.74 Å². The van der Waals surface area contributed by atoms with Gasteiger partial charge in [0, 0.05) is 30.5 Å². The summed E-state index contributed by atoms with van der Waals surface area (Å²) in [4.78, 5) is 2.38. The molecular formula is C17H28N2O. The molecule has 1 aromatic rings. The van der Waals surface area contributed by atoms with E-state index in [1.165, 1.54) is 24.2 Å². The Kier molecular flexibility index (Phi) is 5.72. The third kappa shape index (κ3) is 4.71. The van der Waals surface area contributed by atoms with Gasteiger partial charge in [-0.3, -0.25) is 0 Å². The highest BCUT2D eigenvalue weighted by atomic mass is 16.5. The summed E-state index contributed by atoms with van der Waals surface area (Å²) < 4.78 is 5.39. The van der Waals surface area contributed by atoms with Crippen molar-refractivity contribution in [3.8, 4) is 0 Å². The first-order valence-corrected chi connectivity index (χ1v) is 7.84. The quantitative estimate of drug-likeness (QED) is 0.856. The molecule has 1 aliphatic rings. The number of benzene rings is 1. The van der Waals surface area contributed by atoms with Crippen LogP contribution in [-0.4, -0.2) is 32.3 Å². The van der Waals surface area contributed by atoms with Crippen molar-refractivity contribution in [2.24, 2.45) is 5.92 Å². The zero-order valence-corrected chi connectivity index (χ0v) is 13.1. The van der Waals surface area contributed by atoms with E-state index in [1.807, 2.05) is 0 Å². The second kappa shape index (κ2) is 7.53. The molecule has 1 fully saturated rings.